The van der Waals surface area contributed by atoms with Crippen molar-refractivity contribution in [2.45, 2.75) is 18.9 Å². The van der Waals surface area contributed by atoms with Gasteiger partial charge in [-0.05, 0) is 80.4 Å². The van der Waals surface area contributed by atoms with E-state index in [9.17, 15) is 0 Å². The van der Waals surface area contributed by atoms with E-state index >= 15 is 0 Å². The standard InChI is InChI=1S/C17H17Br2NO/c1-21-13-9-7-12(8-10-13)16(11-5-6-11)20-17-14(18)3-2-4-15(17)19/h2-4,7-11,16,20H,5-6H2,1H3. The van der Waals surface area contributed by atoms with Crippen LogP contribution >= 0.6 is 31.9 Å². The number of methoxy groups -OCH3 is 1. The van der Waals surface area contributed by atoms with E-state index in [1.165, 1.54) is 18.4 Å². The van der Waals surface area contributed by atoms with Crippen LogP contribution in [0.4, 0.5) is 5.69 Å². The lowest BCUT2D eigenvalue weighted by Crippen LogP contribution is -2.13. The number of ether oxygens (including phenoxy) is 1. The van der Waals surface area contributed by atoms with Crippen LogP contribution in [0, 0.1) is 5.92 Å². The summed E-state index contributed by atoms with van der Waals surface area (Å²) in [6.07, 6.45) is 2.57. The van der Waals surface area contributed by atoms with Crippen LogP contribution in [0.2, 0.25) is 0 Å². The first-order valence-corrected chi connectivity index (χ1v) is 8.62. The van der Waals surface area contributed by atoms with Crippen LogP contribution < -0.4 is 10.1 Å². The quantitative estimate of drug-likeness (QED) is 0.674. The lowest BCUT2D eigenvalue weighted by Gasteiger charge is -2.22. The van der Waals surface area contributed by atoms with Gasteiger partial charge in [-0.25, -0.2) is 0 Å². The third kappa shape index (κ3) is 3.43. The molecule has 4 heteroatoms. The minimum atomic E-state index is 0.339. The molecule has 0 bridgehead atoms. The summed E-state index contributed by atoms with van der Waals surface area (Å²) in [6.45, 7) is 0. The van der Waals surface area contributed by atoms with Crippen molar-refractivity contribution in [3.8, 4) is 5.75 Å². The zero-order chi connectivity index (χ0) is 14.8. The summed E-state index contributed by atoms with van der Waals surface area (Å²) in [7, 11) is 1.70. The Labute approximate surface area is 142 Å². The van der Waals surface area contributed by atoms with Gasteiger partial charge in [0.05, 0.1) is 18.8 Å². The lowest BCUT2D eigenvalue weighted by molar-refractivity contribution is 0.414. The Kier molecular flexibility index (Phi) is 4.55. The van der Waals surface area contributed by atoms with Crippen LogP contribution in [0.1, 0.15) is 24.4 Å². The molecule has 1 saturated carbocycles. The zero-order valence-corrected chi connectivity index (χ0v) is 14.9. The fourth-order valence-corrected chi connectivity index (χ4v) is 3.73. The molecule has 1 aliphatic carbocycles. The second kappa shape index (κ2) is 6.41. The summed E-state index contributed by atoms with van der Waals surface area (Å²) in [4.78, 5) is 0. The highest BCUT2D eigenvalue weighted by Crippen LogP contribution is 2.45. The Bertz CT molecular complexity index is 603. The van der Waals surface area contributed by atoms with Gasteiger partial charge in [-0.15, -0.1) is 0 Å². The van der Waals surface area contributed by atoms with Crippen LogP contribution in [-0.4, -0.2) is 7.11 Å². The van der Waals surface area contributed by atoms with E-state index in [0.717, 1.165) is 20.4 Å². The molecule has 0 spiro atoms. The summed E-state index contributed by atoms with van der Waals surface area (Å²) in [5, 5.41) is 3.70. The van der Waals surface area contributed by atoms with Crippen molar-refractivity contribution in [1.82, 2.24) is 0 Å². The van der Waals surface area contributed by atoms with E-state index in [0.29, 0.717) is 12.0 Å². The molecular formula is C17H17Br2NO. The molecular weight excluding hydrogens is 394 g/mol. The van der Waals surface area contributed by atoms with E-state index in [1.807, 2.05) is 18.2 Å². The molecule has 0 heterocycles. The van der Waals surface area contributed by atoms with Gasteiger partial charge >= 0.3 is 0 Å². The van der Waals surface area contributed by atoms with Crippen molar-refractivity contribution < 1.29 is 4.74 Å². The average molecular weight is 411 g/mol. The van der Waals surface area contributed by atoms with E-state index < -0.39 is 0 Å². The number of benzene rings is 2. The molecule has 1 atom stereocenters. The van der Waals surface area contributed by atoms with Crippen molar-refractivity contribution in [3.63, 3.8) is 0 Å². The Morgan fingerprint density at radius 3 is 2.19 bits per heavy atom. The van der Waals surface area contributed by atoms with Crippen molar-refractivity contribution in [1.29, 1.82) is 0 Å². The van der Waals surface area contributed by atoms with Crippen LogP contribution in [0.3, 0.4) is 0 Å². The topological polar surface area (TPSA) is 21.3 Å². The van der Waals surface area contributed by atoms with Gasteiger partial charge in [-0.1, -0.05) is 18.2 Å². The number of hydrogen-bond donors (Lipinski definition) is 1. The highest BCUT2D eigenvalue weighted by atomic mass is 79.9. The van der Waals surface area contributed by atoms with Gasteiger partial charge in [0.25, 0.3) is 0 Å². The predicted octanol–water partition coefficient (Wildman–Crippen LogP) is 5.78. The Morgan fingerprint density at radius 1 is 1.05 bits per heavy atom. The van der Waals surface area contributed by atoms with Crippen molar-refractivity contribution >= 4 is 37.5 Å². The molecule has 0 saturated heterocycles. The molecule has 3 rings (SSSR count). The normalized spacial score (nSPS) is 15.6. The first kappa shape index (κ1) is 14.9. The summed E-state index contributed by atoms with van der Waals surface area (Å²) in [6, 6.07) is 14.8. The molecule has 0 radical (unpaired) electrons. The number of rotatable bonds is 5. The monoisotopic (exact) mass is 409 g/mol. The van der Waals surface area contributed by atoms with Crippen LogP contribution in [-0.2, 0) is 0 Å². The second-order valence-corrected chi connectivity index (χ2v) is 7.04. The van der Waals surface area contributed by atoms with Gasteiger partial charge in [-0.2, -0.15) is 0 Å². The number of para-hydroxylation sites is 1. The van der Waals surface area contributed by atoms with Gasteiger partial charge in [0, 0.05) is 8.95 Å². The zero-order valence-electron chi connectivity index (χ0n) is 11.8. The van der Waals surface area contributed by atoms with E-state index in [2.05, 4.69) is 61.4 Å². The smallest absolute Gasteiger partial charge is 0.118 e. The first-order chi connectivity index (χ1) is 10.2. The third-order valence-electron chi connectivity index (χ3n) is 3.83. The number of halogens is 2. The second-order valence-electron chi connectivity index (χ2n) is 5.33. The van der Waals surface area contributed by atoms with Crippen molar-refractivity contribution in [3.05, 3.63) is 57.0 Å². The molecule has 21 heavy (non-hydrogen) atoms. The number of hydrogen-bond acceptors (Lipinski definition) is 2. The van der Waals surface area contributed by atoms with Crippen LogP contribution in [0.5, 0.6) is 5.75 Å². The van der Waals surface area contributed by atoms with E-state index in [1.54, 1.807) is 7.11 Å². The molecule has 2 aromatic rings. The molecule has 1 aliphatic rings. The predicted molar refractivity (Wildman–Crippen MR) is 93.9 cm³/mol. The fraction of sp³-hybridized carbons (Fsp3) is 0.294. The number of nitrogens with one attached hydrogen (secondary N) is 1. The van der Waals surface area contributed by atoms with Gasteiger partial charge in [-0.3, -0.25) is 0 Å². The largest absolute Gasteiger partial charge is 0.497 e. The van der Waals surface area contributed by atoms with Gasteiger partial charge < -0.3 is 10.1 Å². The summed E-state index contributed by atoms with van der Waals surface area (Å²) in [5.41, 5.74) is 2.42. The molecule has 1 fully saturated rings. The minimum absolute atomic E-state index is 0.339. The summed E-state index contributed by atoms with van der Waals surface area (Å²) in [5.74, 6) is 1.60. The molecule has 2 nitrogen and oxygen atoms in total. The molecule has 2 aromatic carbocycles. The summed E-state index contributed by atoms with van der Waals surface area (Å²) < 4.78 is 7.41. The molecule has 110 valence electrons. The van der Waals surface area contributed by atoms with Crippen molar-refractivity contribution in [2.75, 3.05) is 12.4 Å². The van der Waals surface area contributed by atoms with Crippen LogP contribution in [0.15, 0.2) is 51.4 Å². The third-order valence-corrected chi connectivity index (χ3v) is 5.15. The van der Waals surface area contributed by atoms with E-state index in [4.69, 9.17) is 4.74 Å². The first-order valence-electron chi connectivity index (χ1n) is 7.03. The average Bonchev–Trinajstić information content (AvgIpc) is 3.32. The SMILES string of the molecule is COc1ccc(C(Nc2c(Br)cccc2Br)C2CC2)cc1. The molecule has 0 aliphatic heterocycles. The summed E-state index contributed by atoms with van der Waals surface area (Å²) >= 11 is 7.26. The number of anilines is 1. The molecule has 0 aromatic heterocycles. The fourth-order valence-electron chi connectivity index (χ4n) is 2.51. The van der Waals surface area contributed by atoms with Crippen molar-refractivity contribution in [2.24, 2.45) is 5.92 Å². The van der Waals surface area contributed by atoms with Gasteiger partial charge in [0.2, 0.25) is 0 Å². The lowest BCUT2D eigenvalue weighted by atomic mass is 10.0. The van der Waals surface area contributed by atoms with E-state index in [-0.39, 0.29) is 0 Å². The minimum Gasteiger partial charge on any atom is -0.497 e. The highest BCUT2D eigenvalue weighted by Gasteiger charge is 2.33. The maximum atomic E-state index is 5.25. The molecule has 0 amide bonds. The Hall–Kier alpha value is -1.00. The highest BCUT2D eigenvalue weighted by molar-refractivity contribution is 9.11. The van der Waals surface area contributed by atoms with Crippen LogP contribution in [0.25, 0.3) is 0 Å². The molecule has 1 unspecified atom stereocenters. The van der Waals surface area contributed by atoms with Gasteiger partial charge in [0.1, 0.15) is 5.75 Å². The molecule has 1 N–H and O–H groups in total. The maximum Gasteiger partial charge on any atom is 0.118 e. The Morgan fingerprint density at radius 2 is 1.67 bits per heavy atom. The Balaban J connectivity index is 1.88. The maximum absolute atomic E-state index is 5.25. The van der Waals surface area contributed by atoms with Gasteiger partial charge in [0.15, 0.2) is 0 Å².